The highest BCUT2D eigenvalue weighted by molar-refractivity contribution is 9.10. The first-order valence-corrected chi connectivity index (χ1v) is 7.18. The van der Waals surface area contributed by atoms with E-state index in [-0.39, 0.29) is 11.7 Å². The molecule has 3 nitrogen and oxygen atoms in total. The number of fused-ring (bicyclic) bond motifs is 1. The van der Waals surface area contributed by atoms with Crippen LogP contribution in [0.15, 0.2) is 53.3 Å². The standard InChI is InChI=1S/C16H13BrN2O/c1-10(11-5-3-2-4-6-11)15(20)14-9-19-16-13(14)7-12(17)8-18-16/h2-10H,1H3,(H,18,19). The van der Waals surface area contributed by atoms with Crippen LogP contribution in [0.2, 0.25) is 0 Å². The largest absolute Gasteiger partial charge is 0.345 e. The number of nitrogens with one attached hydrogen (secondary N) is 1. The van der Waals surface area contributed by atoms with E-state index >= 15 is 0 Å². The number of hydrogen-bond acceptors (Lipinski definition) is 2. The molecule has 0 aliphatic rings. The van der Waals surface area contributed by atoms with Crippen LogP contribution in [0.1, 0.15) is 28.8 Å². The number of H-pyrrole nitrogens is 1. The number of aromatic amines is 1. The van der Waals surface area contributed by atoms with E-state index in [2.05, 4.69) is 25.9 Å². The van der Waals surface area contributed by atoms with Crippen molar-refractivity contribution in [3.63, 3.8) is 0 Å². The number of ketones is 1. The van der Waals surface area contributed by atoms with Crippen LogP contribution in [0.5, 0.6) is 0 Å². The molecule has 0 saturated heterocycles. The van der Waals surface area contributed by atoms with Crippen LogP contribution < -0.4 is 0 Å². The number of nitrogens with zero attached hydrogens (tertiary/aromatic N) is 1. The Bertz CT molecular complexity index is 765. The Hall–Kier alpha value is -1.94. The average Bonchev–Trinajstić information content (AvgIpc) is 2.89. The molecule has 1 atom stereocenters. The SMILES string of the molecule is CC(C(=O)c1c[nH]c2ncc(Br)cc12)c1ccccc1. The number of carbonyl (C=O) groups is 1. The number of aromatic nitrogens is 2. The highest BCUT2D eigenvalue weighted by atomic mass is 79.9. The number of pyridine rings is 1. The van der Waals surface area contributed by atoms with E-state index in [1.54, 1.807) is 12.4 Å². The second-order valence-corrected chi connectivity index (χ2v) is 5.66. The van der Waals surface area contributed by atoms with Gasteiger partial charge in [-0.05, 0) is 27.6 Å². The molecular weight excluding hydrogens is 316 g/mol. The fraction of sp³-hybridized carbons (Fsp3) is 0.125. The molecule has 0 aliphatic carbocycles. The molecule has 4 heteroatoms. The van der Waals surface area contributed by atoms with Crippen molar-refractivity contribution in [2.24, 2.45) is 0 Å². The van der Waals surface area contributed by atoms with Gasteiger partial charge in [0, 0.05) is 33.7 Å². The first-order chi connectivity index (χ1) is 9.66. The molecular formula is C16H13BrN2O. The third kappa shape index (κ3) is 2.27. The minimum Gasteiger partial charge on any atom is -0.345 e. The van der Waals surface area contributed by atoms with E-state index in [0.29, 0.717) is 5.56 Å². The van der Waals surface area contributed by atoms with E-state index in [1.807, 2.05) is 43.3 Å². The van der Waals surface area contributed by atoms with Crippen LogP contribution in [0.4, 0.5) is 0 Å². The lowest BCUT2D eigenvalue weighted by Gasteiger charge is -2.10. The van der Waals surface area contributed by atoms with Gasteiger partial charge < -0.3 is 4.98 Å². The summed E-state index contributed by atoms with van der Waals surface area (Å²) in [4.78, 5) is 20.0. The summed E-state index contributed by atoms with van der Waals surface area (Å²) < 4.78 is 0.867. The molecule has 0 bridgehead atoms. The molecule has 1 aromatic carbocycles. The van der Waals surface area contributed by atoms with Crippen LogP contribution in [0.3, 0.4) is 0 Å². The summed E-state index contributed by atoms with van der Waals surface area (Å²) in [5, 5.41) is 0.854. The molecule has 0 amide bonds. The zero-order valence-corrected chi connectivity index (χ0v) is 12.5. The quantitative estimate of drug-likeness (QED) is 0.728. The Morgan fingerprint density at radius 2 is 2.05 bits per heavy atom. The van der Waals surface area contributed by atoms with Crippen LogP contribution in [0.25, 0.3) is 11.0 Å². The lowest BCUT2D eigenvalue weighted by Crippen LogP contribution is -2.09. The van der Waals surface area contributed by atoms with Gasteiger partial charge in [-0.2, -0.15) is 0 Å². The van der Waals surface area contributed by atoms with Gasteiger partial charge in [0.2, 0.25) is 0 Å². The van der Waals surface area contributed by atoms with Gasteiger partial charge >= 0.3 is 0 Å². The summed E-state index contributed by atoms with van der Waals surface area (Å²) in [6.45, 7) is 1.93. The van der Waals surface area contributed by atoms with E-state index < -0.39 is 0 Å². The highest BCUT2D eigenvalue weighted by Crippen LogP contribution is 2.26. The van der Waals surface area contributed by atoms with Gasteiger partial charge in [0.25, 0.3) is 0 Å². The molecule has 1 unspecified atom stereocenters. The smallest absolute Gasteiger partial charge is 0.172 e. The van der Waals surface area contributed by atoms with Crippen LogP contribution in [-0.4, -0.2) is 15.8 Å². The molecule has 0 aliphatic heterocycles. The maximum atomic E-state index is 12.7. The number of benzene rings is 1. The Labute approximate surface area is 125 Å². The van der Waals surface area contributed by atoms with Crippen molar-refractivity contribution in [2.75, 3.05) is 0 Å². The molecule has 2 aromatic heterocycles. The molecule has 0 radical (unpaired) electrons. The molecule has 3 aromatic rings. The van der Waals surface area contributed by atoms with Crippen molar-refractivity contribution in [2.45, 2.75) is 12.8 Å². The number of Topliss-reactive ketones (excluding diaryl/α,β-unsaturated/α-hetero) is 1. The van der Waals surface area contributed by atoms with Crippen LogP contribution in [-0.2, 0) is 0 Å². The van der Waals surface area contributed by atoms with Gasteiger partial charge in [-0.1, -0.05) is 37.3 Å². The van der Waals surface area contributed by atoms with Gasteiger partial charge in [-0.15, -0.1) is 0 Å². The summed E-state index contributed by atoms with van der Waals surface area (Å²) in [5.41, 5.74) is 2.44. The van der Waals surface area contributed by atoms with E-state index in [9.17, 15) is 4.79 Å². The monoisotopic (exact) mass is 328 g/mol. The maximum Gasteiger partial charge on any atom is 0.172 e. The first kappa shape index (κ1) is 13.1. The molecule has 100 valence electrons. The van der Waals surface area contributed by atoms with Crippen molar-refractivity contribution >= 4 is 32.7 Å². The Kier molecular flexibility index (Phi) is 3.40. The lowest BCUT2D eigenvalue weighted by molar-refractivity contribution is 0.0968. The number of carbonyl (C=O) groups excluding carboxylic acids is 1. The fourth-order valence-corrected chi connectivity index (χ4v) is 2.64. The van der Waals surface area contributed by atoms with E-state index in [0.717, 1.165) is 21.1 Å². The van der Waals surface area contributed by atoms with Gasteiger partial charge in [0.1, 0.15) is 5.65 Å². The zero-order valence-electron chi connectivity index (χ0n) is 10.9. The Balaban J connectivity index is 2.03. The predicted molar refractivity (Wildman–Crippen MR) is 83.0 cm³/mol. The summed E-state index contributed by atoms with van der Waals surface area (Å²) in [6, 6.07) is 11.7. The Morgan fingerprint density at radius 1 is 1.30 bits per heavy atom. The number of rotatable bonds is 3. The van der Waals surface area contributed by atoms with Crippen LogP contribution >= 0.6 is 15.9 Å². The average molecular weight is 329 g/mol. The molecule has 3 rings (SSSR count). The number of halogens is 1. The number of hydrogen-bond donors (Lipinski definition) is 1. The Morgan fingerprint density at radius 3 is 2.80 bits per heavy atom. The van der Waals surface area contributed by atoms with Crippen molar-refractivity contribution in [3.05, 3.63) is 64.4 Å². The van der Waals surface area contributed by atoms with Gasteiger partial charge in [-0.3, -0.25) is 4.79 Å². The molecule has 1 N–H and O–H groups in total. The van der Waals surface area contributed by atoms with Crippen molar-refractivity contribution < 1.29 is 4.79 Å². The van der Waals surface area contributed by atoms with Crippen molar-refractivity contribution in [3.8, 4) is 0 Å². The molecule has 20 heavy (non-hydrogen) atoms. The van der Waals surface area contributed by atoms with E-state index in [1.165, 1.54) is 0 Å². The van der Waals surface area contributed by atoms with Gasteiger partial charge in [0.05, 0.1) is 0 Å². The third-order valence-corrected chi connectivity index (χ3v) is 3.89. The van der Waals surface area contributed by atoms with Crippen LogP contribution in [0, 0.1) is 0 Å². The minimum atomic E-state index is -0.172. The highest BCUT2D eigenvalue weighted by Gasteiger charge is 2.20. The first-order valence-electron chi connectivity index (χ1n) is 6.38. The molecule has 0 spiro atoms. The topological polar surface area (TPSA) is 45.8 Å². The summed E-state index contributed by atoms with van der Waals surface area (Å²) in [5.74, 6) is -0.0727. The normalized spacial score (nSPS) is 12.5. The minimum absolute atomic E-state index is 0.0994. The maximum absolute atomic E-state index is 12.7. The molecule has 0 saturated carbocycles. The summed E-state index contributed by atoms with van der Waals surface area (Å²) in [7, 11) is 0. The molecule has 2 heterocycles. The summed E-state index contributed by atoms with van der Waals surface area (Å²) >= 11 is 3.39. The van der Waals surface area contributed by atoms with Crippen molar-refractivity contribution in [1.82, 2.24) is 9.97 Å². The zero-order chi connectivity index (χ0) is 14.1. The van der Waals surface area contributed by atoms with Gasteiger partial charge in [0.15, 0.2) is 5.78 Å². The van der Waals surface area contributed by atoms with Gasteiger partial charge in [-0.25, -0.2) is 4.98 Å². The predicted octanol–water partition coefficient (Wildman–Crippen LogP) is 4.31. The summed E-state index contributed by atoms with van der Waals surface area (Å²) in [6.07, 6.45) is 3.46. The van der Waals surface area contributed by atoms with Crippen molar-refractivity contribution in [1.29, 1.82) is 0 Å². The fourth-order valence-electron chi connectivity index (χ4n) is 2.31. The third-order valence-electron chi connectivity index (χ3n) is 3.46. The second kappa shape index (κ2) is 5.21. The second-order valence-electron chi connectivity index (χ2n) is 4.75. The molecule has 0 fully saturated rings. The van der Waals surface area contributed by atoms with E-state index in [4.69, 9.17) is 0 Å². The lowest BCUT2D eigenvalue weighted by atomic mass is 9.92.